The van der Waals surface area contributed by atoms with Gasteiger partial charge in [-0.25, -0.2) is 4.98 Å². The third-order valence-corrected chi connectivity index (χ3v) is 3.17. The van der Waals surface area contributed by atoms with Crippen LogP contribution in [-0.4, -0.2) is 17.3 Å². The molecule has 2 N–H and O–H groups in total. The average Bonchev–Trinajstić information content (AvgIpc) is 2.16. The third-order valence-electron chi connectivity index (χ3n) is 2.17. The zero-order chi connectivity index (χ0) is 11.1. The second-order valence-electron chi connectivity index (χ2n) is 3.82. The summed E-state index contributed by atoms with van der Waals surface area (Å²) in [6.45, 7) is 4.98. The monoisotopic (exact) mass is 224 g/mol. The molecule has 0 saturated carbocycles. The molecule has 1 rings (SSSR count). The van der Waals surface area contributed by atoms with Crippen molar-refractivity contribution in [2.45, 2.75) is 38.1 Å². The van der Waals surface area contributed by atoms with Gasteiger partial charge in [0.25, 0.3) is 0 Å². The second-order valence-corrected chi connectivity index (χ2v) is 4.94. The SMILES string of the molecule is Cc1cc(C)nc(SCCCCCN)c1. The summed E-state index contributed by atoms with van der Waals surface area (Å²) in [6.07, 6.45) is 3.60. The van der Waals surface area contributed by atoms with Crippen LogP contribution >= 0.6 is 11.8 Å². The Bertz CT molecular complexity index is 279. The van der Waals surface area contributed by atoms with Crippen LogP contribution in [0.4, 0.5) is 0 Å². The molecule has 2 nitrogen and oxygen atoms in total. The Hall–Kier alpha value is -0.540. The lowest BCUT2D eigenvalue weighted by Crippen LogP contribution is -1.98. The van der Waals surface area contributed by atoms with Crippen LogP contribution in [0.1, 0.15) is 30.5 Å². The van der Waals surface area contributed by atoms with Crippen LogP contribution in [0.3, 0.4) is 0 Å². The van der Waals surface area contributed by atoms with E-state index in [4.69, 9.17) is 5.73 Å². The maximum atomic E-state index is 5.44. The van der Waals surface area contributed by atoms with Crippen molar-refractivity contribution in [2.24, 2.45) is 5.73 Å². The molecule has 1 aromatic rings. The minimum atomic E-state index is 0.812. The van der Waals surface area contributed by atoms with Crippen molar-refractivity contribution in [1.29, 1.82) is 0 Å². The molecule has 0 saturated heterocycles. The van der Waals surface area contributed by atoms with E-state index in [-0.39, 0.29) is 0 Å². The largest absolute Gasteiger partial charge is 0.330 e. The van der Waals surface area contributed by atoms with Gasteiger partial charge >= 0.3 is 0 Å². The van der Waals surface area contributed by atoms with E-state index in [2.05, 4.69) is 24.0 Å². The Kier molecular flexibility index (Phi) is 5.73. The highest BCUT2D eigenvalue weighted by molar-refractivity contribution is 7.99. The van der Waals surface area contributed by atoms with Gasteiger partial charge in [0.1, 0.15) is 0 Å². The number of thioether (sulfide) groups is 1. The number of pyridine rings is 1. The Morgan fingerprint density at radius 2 is 2.00 bits per heavy atom. The number of aromatic nitrogens is 1. The number of nitrogens with two attached hydrogens (primary N) is 1. The molecule has 1 aromatic heterocycles. The molecule has 0 fully saturated rings. The molecule has 0 aliphatic heterocycles. The normalized spacial score (nSPS) is 10.6. The van der Waals surface area contributed by atoms with E-state index in [0.29, 0.717) is 0 Å². The van der Waals surface area contributed by atoms with Crippen LogP contribution in [0, 0.1) is 13.8 Å². The standard InChI is InChI=1S/C12H20N2S/c1-10-8-11(2)14-12(9-10)15-7-5-3-4-6-13/h8-9H,3-7,13H2,1-2H3. The number of nitrogens with zero attached hydrogens (tertiary/aromatic N) is 1. The molecule has 0 spiro atoms. The molecule has 0 unspecified atom stereocenters. The number of hydrogen-bond acceptors (Lipinski definition) is 3. The lowest BCUT2D eigenvalue weighted by molar-refractivity contribution is 0.732. The molecule has 3 heteroatoms. The highest BCUT2D eigenvalue weighted by Crippen LogP contribution is 2.19. The van der Waals surface area contributed by atoms with Gasteiger partial charge in [0.2, 0.25) is 0 Å². The van der Waals surface area contributed by atoms with Crippen LogP contribution in [-0.2, 0) is 0 Å². The van der Waals surface area contributed by atoms with Crippen molar-refractivity contribution >= 4 is 11.8 Å². The fourth-order valence-electron chi connectivity index (χ4n) is 1.48. The lowest BCUT2D eigenvalue weighted by Gasteiger charge is -2.03. The van der Waals surface area contributed by atoms with Gasteiger partial charge in [-0.15, -0.1) is 11.8 Å². The molecule has 0 bridgehead atoms. The first kappa shape index (κ1) is 12.5. The van der Waals surface area contributed by atoms with E-state index in [1.165, 1.54) is 18.4 Å². The summed E-state index contributed by atoms with van der Waals surface area (Å²) in [5.74, 6) is 1.15. The Labute approximate surface area is 96.7 Å². The predicted octanol–water partition coefficient (Wildman–Crippen LogP) is 2.92. The fraction of sp³-hybridized carbons (Fsp3) is 0.583. The molecule has 84 valence electrons. The maximum Gasteiger partial charge on any atom is 0.0965 e. The van der Waals surface area contributed by atoms with Gasteiger partial charge in [0.15, 0.2) is 0 Å². The lowest BCUT2D eigenvalue weighted by atomic mass is 10.2. The summed E-state index contributed by atoms with van der Waals surface area (Å²) in [5, 5.41) is 1.15. The molecule has 0 aromatic carbocycles. The van der Waals surface area contributed by atoms with Gasteiger partial charge in [0.05, 0.1) is 5.03 Å². The summed E-state index contributed by atoms with van der Waals surface area (Å²) < 4.78 is 0. The topological polar surface area (TPSA) is 38.9 Å². The van der Waals surface area contributed by atoms with E-state index in [1.54, 1.807) is 0 Å². The first-order valence-electron chi connectivity index (χ1n) is 5.50. The minimum Gasteiger partial charge on any atom is -0.330 e. The van der Waals surface area contributed by atoms with Crippen LogP contribution in [0.15, 0.2) is 17.2 Å². The highest BCUT2D eigenvalue weighted by Gasteiger charge is 1.98. The Balaban J connectivity index is 2.31. The number of rotatable bonds is 6. The molecule has 0 aliphatic carbocycles. The van der Waals surface area contributed by atoms with Crippen molar-refractivity contribution < 1.29 is 0 Å². The van der Waals surface area contributed by atoms with Crippen LogP contribution in [0.5, 0.6) is 0 Å². The Morgan fingerprint density at radius 1 is 1.20 bits per heavy atom. The van der Waals surface area contributed by atoms with E-state index >= 15 is 0 Å². The van der Waals surface area contributed by atoms with Crippen molar-refractivity contribution in [3.8, 4) is 0 Å². The van der Waals surface area contributed by atoms with E-state index in [0.717, 1.165) is 29.4 Å². The average molecular weight is 224 g/mol. The van der Waals surface area contributed by atoms with E-state index in [9.17, 15) is 0 Å². The van der Waals surface area contributed by atoms with Gasteiger partial charge < -0.3 is 5.73 Å². The van der Waals surface area contributed by atoms with Crippen molar-refractivity contribution in [3.05, 3.63) is 23.4 Å². The summed E-state index contributed by atoms with van der Waals surface area (Å²) in [6, 6.07) is 4.26. The van der Waals surface area contributed by atoms with Crippen LogP contribution in [0.25, 0.3) is 0 Å². The number of aryl methyl sites for hydroxylation is 2. The first-order valence-corrected chi connectivity index (χ1v) is 6.49. The molecule has 0 radical (unpaired) electrons. The van der Waals surface area contributed by atoms with Crippen molar-refractivity contribution in [3.63, 3.8) is 0 Å². The summed E-state index contributed by atoms with van der Waals surface area (Å²) >= 11 is 1.85. The fourth-order valence-corrected chi connectivity index (χ4v) is 2.51. The molecule has 15 heavy (non-hydrogen) atoms. The quantitative estimate of drug-likeness (QED) is 0.596. The summed E-state index contributed by atoms with van der Waals surface area (Å²) in [4.78, 5) is 4.49. The van der Waals surface area contributed by atoms with Crippen LogP contribution < -0.4 is 5.73 Å². The first-order chi connectivity index (χ1) is 7.22. The van der Waals surface area contributed by atoms with Gasteiger partial charge in [-0.05, 0) is 56.7 Å². The number of unbranched alkanes of at least 4 members (excludes halogenated alkanes) is 2. The van der Waals surface area contributed by atoms with Gasteiger partial charge in [-0.1, -0.05) is 6.42 Å². The molecule has 1 heterocycles. The zero-order valence-electron chi connectivity index (χ0n) is 9.62. The van der Waals surface area contributed by atoms with E-state index < -0.39 is 0 Å². The highest BCUT2D eigenvalue weighted by atomic mass is 32.2. The molecule has 0 aliphatic rings. The van der Waals surface area contributed by atoms with Crippen molar-refractivity contribution in [2.75, 3.05) is 12.3 Å². The smallest absolute Gasteiger partial charge is 0.0965 e. The number of hydrogen-bond donors (Lipinski definition) is 1. The summed E-state index contributed by atoms with van der Waals surface area (Å²) in [7, 11) is 0. The predicted molar refractivity (Wildman–Crippen MR) is 67.3 cm³/mol. The molecular formula is C12H20N2S. The van der Waals surface area contributed by atoms with E-state index in [1.807, 2.05) is 18.7 Å². The van der Waals surface area contributed by atoms with Gasteiger partial charge in [-0.3, -0.25) is 0 Å². The Morgan fingerprint density at radius 3 is 2.67 bits per heavy atom. The van der Waals surface area contributed by atoms with Gasteiger partial charge in [0, 0.05) is 5.69 Å². The van der Waals surface area contributed by atoms with Crippen molar-refractivity contribution in [1.82, 2.24) is 4.98 Å². The van der Waals surface area contributed by atoms with Gasteiger partial charge in [-0.2, -0.15) is 0 Å². The molecule has 0 atom stereocenters. The molecule has 0 amide bonds. The summed E-state index contributed by atoms with van der Waals surface area (Å²) in [5.41, 5.74) is 7.85. The second kappa shape index (κ2) is 6.85. The molecular weight excluding hydrogens is 204 g/mol. The van der Waals surface area contributed by atoms with Crippen LogP contribution in [0.2, 0.25) is 0 Å². The zero-order valence-corrected chi connectivity index (χ0v) is 10.4. The minimum absolute atomic E-state index is 0.812. The maximum absolute atomic E-state index is 5.44. The third kappa shape index (κ3) is 5.19.